The highest BCUT2D eigenvalue weighted by Gasteiger charge is 2.15. The zero-order valence-corrected chi connectivity index (χ0v) is 18.6. The zero-order valence-electron chi connectivity index (χ0n) is 18.6. The average molecular weight is 451 g/mol. The smallest absolute Gasteiger partial charge is 0.263 e. The molecule has 3 aromatic carbocycles. The summed E-state index contributed by atoms with van der Waals surface area (Å²) in [6, 6.07) is 33.8. The fourth-order valence-corrected chi connectivity index (χ4v) is 4.10. The van der Waals surface area contributed by atoms with E-state index in [1.807, 2.05) is 66.7 Å². The second-order valence-corrected chi connectivity index (χ2v) is 7.90. The fourth-order valence-electron chi connectivity index (χ4n) is 4.10. The maximum Gasteiger partial charge on any atom is 0.263 e. The number of nitrogens with zero attached hydrogens (tertiary/aromatic N) is 4. The van der Waals surface area contributed by atoms with E-state index in [4.69, 9.17) is 0 Å². The maximum atomic E-state index is 13.6. The molecular weight excluding hydrogens is 432 g/mol. The van der Waals surface area contributed by atoms with Gasteiger partial charge in [0.1, 0.15) is 0 Å². The molecule has 5 heteroatoms. The quantitative estimate of drug-likeness (QED) is 0.337. The monoisotopic (exact) mass is 450 g/mol. The minimum atomic E-state index is -0.228. The van der Waals surface area contributed by atoms with E-state index in [-0.39, 0.29) is 5.56 Å². The number of benzene rings is 3. The first kappa shape index (κ1) is 21.6. The lowest BCUT2D eigenvalue weighted by atomic mass is 9.97. The van der Waals surface area contributed by atoms with Crippen LogP contribution in [0.1, 0.15) is 11.1 Å². The van der Waals surface area contributed by atoms with Crippen LogP contribution in [0.25, 0.3) is 39.2 Å². The van der Waals surface area contributed by atoms with E-state index in [0.717, 1.165) is 11.1 Å². The summed E-state index contributed by atoms with van der Waals surface area (Å²) in [6.45, 7) is 0. The number of hydrogen-bond donors (Lipinski definition) is 0. The lowest BCUT2D eigenvalue weighted by molar-refractivity contribution is 0.993. The lowest BCUT2D eigenvalue weighted by Gasteiger charge is -2.13. The van der Waals surface area contributed by atoms with Gasteiger partial charge in [-0.1, -0.05) is 54.6 Å². The summed E-state index contributed by atoms with van der Waals surface area (Å²) in [4.78, 5) is 18.2. The molecule has 0 saturated heterocycles. The van der Waals surface area contributed by atoms with Crippen molar-refractivity contribution in [2.75, 3.05) is 0 Å². The van der Waals surface area contributed by atoms with Crippen molar-refractivity contribution < 1.29 is 0 Å². The molecular formula is C30H18N4O. The van der Waals surface area contributed by atoms with Crippen LogP contribution in [-0.4, -0.2) is 9.55 Å². The number of pyridine rings is 2. The third-order valence-electron chi connectivity index (χ3n) is 5.80. The molecule has 5 nitrogen and oxygen atoms in total. The Hall–Kier alpha value is -5.26. The molecule has 164 valence electrons. The molecule has 0 aliphatic heterocycles. The first-order valence-corrected chi connectivity index (χ1v) is 11.0. The Bertz CT molecular complexity index is 1690. The highest BCUT2D eigenvalue weighted by atomic mass is 16.1. The Balaban J connectivity index is 1.76. The molecule has 0 aliphatic rings. The summed E-state index contributed by atoms with van der Waals surface area (Å²) in [5, 5.41) is 19.2. The molecule has 0 N–H and O–H groups in total. The van der Waals surface area contributed by atoms with Gasteiger partial charge < -0.3 is 0 Å². The first-order chi connectivity index (χ1) is 17.2. The predicted octanol–water partition coefficient (Wildman–Crippen LogP) is 5.98. The Morgan fingerprint density at radius 2 is 1.29 bits per heavy atom. The molecule has 0 aliphatic carbocycles. The minimum Gasteiger partial charge on any atom is -0.283 e. The largest absolute Gasteiger partial charge is 0.283 e. The Kier molecular flexibility index (Phi) is 5.74. The van der Waals surface area contributed by atoms with Crippen LogP contribution in [0.3, 0.4) is 0 Å². The van der Waals surface area contributed by atoms with Crippen molar-refractivity contribution in [3.05, 3.63) is 131 Å². The van der Waals surface area contributed by atoms with Gasteiger partial charge in [0.05, 0.1) is 29.0 Å². The SMILES string of the molecule is N#Cc1ccccc1-c1ccnc(-c2cc(-c3ccccc3C#N)c(=O)n(-c3ccccc3)c2)c1. The van der Waals surface area contributed by atoms with Crippen LogP contribution < -0.4 is 5.56 Å². The molecule has 5 rings (SSSR count). The van der Waals surface area contributed by atoms with Gasteiger partial charge >= 0.3 is 0 Å². The maximum absolute atomic E-state index is 13.6. The molecule has 2 aromatic heterocycles. The molecule has 35 heavy (non-hydrogen) atoms. The average Bonchev–Trinajstić information content (AvgIpc) is 2.93. The summed E-state index contributed by atoms with van der Waals surface area (Å²) in [6.07, 6.45) is 3.46. The molecule has 0 spiro atoms. The molecule has 0 saturated carbocycles. The van der Waals surface area contributed by atoms with Gasteiger partial charge in [-0.25, -0.2) is 0 Å². The zero-order chi connectivity index (χ0) is 24.2. The number of aromatic nitrogens is 2. The number of rotatable bonds is 4. The van der Waals surface area contributed by atoms with Crippen molar-refractivity contribution >= 4 is 0 Å². The Labute approximate surface area is 202 Å². The van der Waals surface area contributed by atoms with Gasteiger partial charge in [-0.15, -0.1) is 0 Å². The van der Waals surface area contributed by atoms with Crippen LogP contribution in [0, 0.1) is 22.7 Å². The molecule has 0 bridgehead atoms. The van der Waals surface area contributed by atoms with Crippen LogP contribution in [0.2, 0.25) is 0 Å². The van der Waals surface area contributed by atoms with Crippen LogP contribution in [-0.2, 0) is 0 Å². The second-order valence-electron chi connectivity index (χ2n) is 7.90. The Morgan fingerprint density at radius 3 is 2.00 bits per heavy atom. The highest BCUT2D eigenvalue weighted by Crippen LogP contribution is 2.29. The van der Waals surface area contributed by atoms with Crippen molar-refractivity contribution in [1.29, 1.82) is 10.5 Å². The van der Waals surface area contributed by atoms with Gasteiger partial charge in [-0.2, -0.15) is 10.5 Å². The lowest BCUT2D eigenvalue weighted by Crippen LogP contribution is -2.20. The Morgan fingerprint density at radius 1 is 0.657 bits per heavy atom. The van der Waals surface area contributed by atoms with Gasteiger partial charge in [-0.05, 0) is 53.6 Å². The van der Waals surface area contributed by atoms with E-state index in [9.17, 15) is 15.3 Å². The van der Waals surface area contributed by atoms with Gasteiger partial charge in [0.15, 0.2) is 0 Å². The summed E-state index contributed by atoms with van der Waals surface area (Å²) in [7, 11) is 0. The van der Waals surface area contributed by atoms with E-state index in [0.29, 0.717) is 39.2 Å². The van der Waals surface area contributed by atoms with E-state index in [1.54, 1.807) is 47.3 Å². The normalized spacial score (nSPS) is 10.3. The first-order valence-electron chi connectivity index (χ1n) is 11.0. The summed E-state index contributed by atoms with van der Waals surface area (Å²) < 4.78 is 1.58. The van der Waals surface area contributed by atoms with Crippen molar-refractivity contribution in [2.45, 2.75) is 0 Å². The van der Waals surface area contributed by atoms with Crippen LogP contribution in [0.4, 0.5) is 0 Å². The number of nitriles is 2. The standard InChI is InChI=1S/C30H18N4O/c31-18-22-8-4-6-12-26(22)21-14-15-33-29(17-21)24-16-28(27-13-7-5-9-23(27)19-32)30(35)34(20-24)25-10-2-1-3-11-25/h1-17,20H. The highest BCUT2D eigenvalue weighted by molar-refractivity contribution is 5.78. The van der Waals surface area contributed by atoms with Crippen LogP contribution in [0.15, 0.2) is 114 Å². The summed E-state index contributed by atoms with van der Waals surface area (Å²) >= 11 is 0. The molecule has 5 aromatic rings. The van der Waals surface area contributed by atoms with Crippen molar-refractivity contribution in [1.82, 2.24) is 9.55 Å². The molecule has 0 fully saturated rings. The van der Waals surface area contributed by atoms with E-state index in [2.05, 4.69) is 17.1 Å². The van der Waals surface area contributed by atoms with Gasteiger partial charge in [0.25, 0.3) is 5.56 Å². The third kappa shape index (κ3) is 4.11. The second kappa shape index (κ2) is 9.31. The fraction of sp³-hybridized carbons (Fsp3) is 0. The van der Waals surface area contributed by atoms with Crippen molar-refractivity contribution in [3.63, 3.8) is 0 Å². The number of hydrogen-bond acceptors (Lipinski definition) is 4. The van der Waals surface area contributed by atoms with Gasteiger partial charge in [-0.3, -0.25) is 14.3 Å². The minimum absolute atomic E-state index is 0.228. The van der Waals surface area contributed by atoms with Crippen LogP contribution >= 0.6 is 0 Å². The molecule has 0 atom stereocenters. The van der Waals surface area contributed by atoms with Crippen molar-refractivity contribution in [3.8, 4) is 51.3 Å². The molecule has 0 unspecified atom stereocenters. The van der Waals surface area contributed by atoms with E-state index in [1.165, 1.54) is 0 Å². The summed E-state index contributed by atoms with van der Waals surface area (Å²) in [5.74, 6) is 0. The predicted molar refractivity (Wildman–Crippen MR) is 136 cm³/mol. The topological polar surface area (TPSA) is 82.5 Å². The van der Waals surface area contributed by atoms with E-state index >= 15 is 0 Å². The van der Waals surface area contributed by atoms with Crippen molar-refractivity contribution in [2.24, 2.45) is 0 Å². The molecule has 2 heterocycles. The summed E-state index contributed by atoms with van der Waals surface area (Å²) in [5.41, 5.74) is 5.48. The van der Waals surface area contributed by atoms with Gasteiger partial charge in [0.2, 0.25) is 0 Å². The van der Waals surface area contributed by atoms with Gasteiger partial charge in [0, 0.05) is 34.8 Å². The molecule has 0 radical (unpaired) electrons. The van der Waals surface area contributed by atoms with E-state index < -0.39 is 0 Å². The third-order valence-corrected chi connectivity index (χ3v) is 5.80. The molecule has 0 amide bonds. The van der Waals surface area contributed by atoms with Crippen LogP contribution in [0.5, 0.6) is 0 Å². The number of para-hydroxylation sites is 1.